The molecule has 2 rings (SSSR count). The molecule has 1 aromatic heterocycles. The third kappa shape index (κ3) is 1.71. The van der Waals surface area contributed by atoms with Gasteiger partial charge in [0.1, 0.15) is 10.7 Å². The Morgan fingerprint density at radius 3 is 2.86 bits per heavy atom. The highest BCUT2D eigenvalue weighted by Crippen LogP contribution is 2.18. The van der Waals surface area contributed by atoms with Gasteiger partial charge in [-0.1, -0.05) is 0 Å². The minimum atomic E-state index is -0.0340. The summed E-state index contributed by atoms with van der Waals surface area (Å²) in [6.45, 7) is 2.47. The Balaban J connectivity index is 2.11. The molecule has 0 radical (unpaired) electrons. The molecule has 0 atom stereocenters. The third-order valence-corrected chi connectivity index (χ3v) is 2.92. The number of nitrogens with two attached hydrogens (primary N) is 1. The topological polar surface area (TPSA) is 68.5 Å². The van der Waals surface area contributed by atoms with E-state index in [-0.39, 0.29) is 5.91 Å². The van der Waals surface area contributed by atoms with Crippen LogP contribution >= 0.6 is 11.3 Å². The summed E-state index contributed by atoms with van der Waals surface area (Å²) >= 11 is 1.28. The summed E-state index contributed by atoms with van der Waals surface area (Å²) in [6, 6.07) is 0. The van der Waals surface area contributed by atoms with E-state index < -0.39 is 0 Å². The quantitative estimate of drug-likeness (QED) is 0.723. The molecule has 5 nitrogen and oxygen atoms in total. The van der Waals surface area contributed by atoms with E-state index in [2.05, 4.69) is 4.98 Å². The zero-order valence-corrected chi connectivity index (χ0v) is 8.42. The summed E-state index contributed by atoms with van der Waals surface area (Å²) in [7, 11) is 0. The molecule has 0 saturated carbocycles. The average molecular weight is 213 g/mol. The van der Waals surface area contributed by atoms with Crippen LogP contribution in [0.4, 0.5) is 5.82 Å². The number of aromatic nitrogens is 1. The number of morpholine rings is 1. The van der Waals surface area contributed by atoms with Crippen molar-refractivity contribution in [3.8, 4) is 0 Å². The number of amides is 1. The Bertz CT molecular complexity index is 333. The highest BCUT2D eigenvalue weighted by atomic mass is 32.1. The predicted molar refractivity (Wildman–Crippen MR) is 53.2 cm³/mol. The molecule has 0 aromatic carbocycles. The molecule has 2 heterocycles. The Hall–Kier alpha value is -1.14. The molecule has 76 valence electrons. The molecule has 0 aliphatic carbocycles. The van der Waals surface area contributed by atoms with E-state index in [0.717, 1.165) is 0 Å². The summed E-state index contributed by atoms with van der Waals surface area (Å²) in [5.74, 6) is 0.291. The van der Waals surface area contributed by atoms with Crippen molar-refractivity contribution in [1.29, 1.82) is 0 Å². The number of thiazole rings is 1. The lowest BCUT2D eigenvalue weighted by Crippen LogP contribution is -2.40. The van der Waals surface area contributed by atoms with Crippen molar-refractivity contribution in [3.05, 3.63) is 10.4 Å². The molecule has 0 spiro atoms. The first-order chi connectivity index (χ1) is 6.79. The minimum Gasteiger partial charge on any atom is -0.382 e. The minimum absolute atomic E-state index is 0.0340. The second-order valence-corrected chi connectivity index (χ2v) is 3.83. The van der Waals surface area contributed by atoms with Gasteiger partial charge in [0.05, 0.1) is 18.7 Å². The molecule has 1 aromatic rings. The monoisotopic (exact) mass is 213 g/mol. The van der Waals surface area contributed by atoms with Gasteiger partial charge in [-0.3, -0.25) is 4.79 Å². The van der Waals surface area contributed by atoms with Crippen LogP contribution in [-0.4, -0.2) is 42.1 Å². The van der Waals surface area contributed by atoms with Crippen LogP contribution in [0.1, 0.15) is 9.67 Å². The van der Waals surface area contributed by atoms with E-state index in [4.69, 9.17) is 10.5 Å². The molecule has 2 N–H and O–H groups in total. The fourth-order valence-electron chi connectivity index (χ4n) is 1.32. The summed E-state index contributed by atoms with van der Waals surface area (Å²) < 4.78 is 5.16. The number of carbonyl (C=O) groups excluding carboxylic acids is 1. The highest BCUT2D eigenvalue weighted by Gasteiger charge is 2.21. The summed E-state index contributed by atoms with van der Waals surface area (Å²) in [6.07, 6.45) is 0. The number of nitrogen functional groups attached to an aromatic ring is 1. The molecule has 6 heteroatoms. The van der Waals surface area contributed by atoms with Gasteiger partial charge >= 0.3 is 0 Å². The fraction of sp³-hybridized carbons (Fsp3) is 0.500. The van der Waals surface area contributed by atoms with Crippen LogP contribution < -0.4 is 5.73 Å². The van der Waals surface area contributed by atoms with Crippen LogP contribution in [0, 0.1) is 0 Å². The van der Waals surface area contributed by atoms with Crippen LogP contribution in [-0.2, 0) is 4.74 Å². The van der Waals surface area contributed by atoms with Gasteiger partial charge < -0.3 is 15.4 Å². The Kier molecular flexibility index (Phi) is 2.64. The normalized spacial score (nSPS) is 17.0. The highest BCUT2D eigenvalue weighted by molar-refractivity contribution is 7.12. The van der Waals surface area contributed by atoms with Crippen molar-refractivity contribution in [1.82, 2.24) is 9.88 Å². The van der Waals surface area contributed by atoms with E-state index in [1.165, 1.54) is 11.3 Å². The van der Waals surface area contributed by atoms with Crippen molar-refractivity contribution >= 4 is 23.1 Å². The fourth-order valence-corrected chi connectivity index (χ4v) is 2.00. The van der Waals surface area contributed by atoms with Crippen LogP contribution in [0.25, 0.3) is 0 Å². The van der Waals surface area contributed by atoms with Gasteiger partial charge in [-0.25, -0.2) is 4.98 Å². The van der Waals surface area contributed by atoms with Gasteiger partial charge in [0, 0.05) is 13.1 Å². The van der Waals surface area contributed by atoms with Crippen molar-refractivity contribution in [3.63, 3.8) is 0 Å². The van der Waals surface area contributed by atoms with Crippen molar-refractivity contribution < 1.29 is 9.53 Å². The smallest absolute Gasteiger partial charge is 0.267 e. The number of anilines is 1. The van der Waals surface area contributed by atoms with Gasteiger partial charge in [-0.2, -0.15) is 0 Å². The van der Waals surface area contributed by atoms with E-state index in [1.54, 1.807) is 10.4 Å². The molecule has 1 aliphatic rings. The second kappa shape index (κ2) is 3.93. The molecule has 1 fully saturated rings. The van der Waals surface area contributed by atoms with E-state index >= 15 is 0 Å². The number of rotatable bonds is 1. The van der Waals surface area contributed by atoms with E-state index in [9.17, 15) is 4.79 Å². The SMILES string of the molecule is Nc1ncsc1C(=O)N1CCOCC1. The molecule has 0 unspecified atom stereocenters. The lowest BCUT2D eigenvalue weighted by molar-refractivity contribution is 0.0306. The van der Waals surface area contributed by atoms with E-state index in [0.29, 0.717) is 37.0 Å². The first-order valence-corrected chi connectivity index (χ1v) is 5.23. The predicted octanol–water partition coefficient (Wildman–Crippen LogP) is 0.198. The molecule has 1 aliphatic heterocycles. The van der Waals surface area contributed by atoms with Crippen molar-refractivity contribution in [2.24, 2.45) is 0 Å². The molecule has 1 amide bonds. The maximum Gasteiger partial charge on any atom is 0.267 e. The lowest BCUT2D eigenvalue weighted by Gasteiger charge is -2.26. The summed E-state index contributed by atoms with van der Waals surface area (Å²) in [5.41, 5.74) is 7.16. The zero-order valence-electron chi connectivity index (χ0n) is 7.60. The first kappa shape index (κ1) is 9.42. The average Bonchev–Trinajstić information content (AvgIpc) is 2.65. The summed E-state index contributed by atoms with van der Waals surface area (Å²) in [4.78, 5) is 18.0. The van der Waals surface area contributed by atoms with Crippen LogP contribution in [0.15, 0.2) is 5.51 Å². The largest absolute Gasteiger partial charge is 0.382 e. The van der Waals surface area contributed by atoms with Crippen LogP contribution in [0.3, 0.4) is 0 Å². The van der Waals surface area contributed by atoms with Crippen LogP contribution in [0.5, 0.6) is 0 Å². The number of ether oxygens (including phenoxy) is 1. The molecule has 14 heavy (non-hydrogen) atoms. The molecule has 1 saturated heterocycles. The van der Waals surface area contributed by atoms with E-state index in [1.807, 2.05) is 0 Å². The maximum absolute atomic E-state index is 11.8. The Morgan fingerprint density at radius 2 is 2.29 bits per heavy atom. The van der Waals surface area contributed by atoms with Crippen molar-refractivity contribution in [2.45, 2.75) is 0 Å². The number of hydrogen-bond acceptors (Lipinski definition) is 5. The number of nitrogens with zero attached hydrogens (tertiary/aromatic N) is 2. The van der Waals surface area contributed by atoms with Gasteiger partial charge in [0.25, 0.3) is 5.91 Å². The van der Waals surface area contributed by atoms with Gasteiger partial charge in [0.15, 0.2) is 0 Å². The van der Waals surface area contributed by atoms with Gasteiger partial charge in [-0.05, 0) is 0 Å². The second-order valence-electron chi connectivity index (χ2n) is 2.97. The number of hydrogen-bond donors (Lipinski definition) is 1. The summed E-state index contributed by atoms with van der Waals surface area (Å²) in [5, 5.41) is 0. The Morgan fingerprint density at radius 1 is 1.57 bits per heavy atom. The molecular weight excluding hydrogens is 202 g/mol. The third-order valence-electron chi connectivity index (χ3n) is 2.09. The Labute approximate surface area is 85.5 Å². The maximum atomic E-state index is 11.8. The lowest BCUT2D eigenvalue weighted by atomic mass is 10.3. The van der Waals surface area contributed by atoms with Gasteiger partial charge in [0.2, 0.25) is 0 Å². The zero-order chi connectivity index (χ0) is 9.97. The standard InChI is InChI=1S/C8H11N3O2S/c9-7-6(14-5-10-7)8(12)11-1-3-13-4-2-11/h5H,1-4,9H2. The molecular formula is C8H11N3O2S. The number of carbonyl (C=O) groups is 1. The van der Waals surface area contributed by atoms with Crippen molar-refractivity contribution in [2.75, 3.05) is 32.0 Å². The van der Waals surface area contributed by atoms with Crippen LogP contribution in [0.2, 0.25) is 0 Å². The first-order valence-electron chi connectivity index (χ1n) is 4.35. The van der Waals surface area contributed by atoms with Gasteiger partial charge in [-0.15, -0.1) is 11.3 Å². The molecule has 0 bridgehead atoms.